The SMILES string of the molecule is NCCNCCOc1ccc2c(c1)OCO2. The summed E-state index contributed by atoms with van der Waals surface area (Å²) in [6.45, 7) is 3.14. The maximum absolute atomic E-state index is 5.54. The Morgan fingerprint density at radius 2 is 2.12 bits per heavy atom. The lowest BCUT2D eigenvalue weighted by atomic mass is 10.3. The van der Waals surface area contributed by atoms with E-state index in [0.717, 1.165) is 30.3 Å². The van der Waals surface area contributed by atoms with Crippen LogP contribution in [0.1, 0.15) is 0 Å². The van der Waals surface area contributed by atoms with E-state index in [1.54, 1.807) is 0 Å². The van der Waals surface area contributed by atoms with Gasteiger partial charge in [0.05, 0.1) is 0 Å². The van der Waals surface area contributed by atoms with Gasteiger partial charge < -0.3 is 25.3 Å². The zero-order valence-electron chi connectivity index (χ0n) is 9.07. The van der Waals surface area contributed by atoms with Crippen molar-refractivity contribution in [2.24, 2.45) is 5.73 Å². The highest BCUT2D eigenvalue weighted by atomic mass is 16.7. The maximum atomic E-state index is 5.54. The fraction of sp³-hybridized carbons (Fsp3) is 0.455. The van der Waals surface area contributed by atoms with Crippen molar-refractivity contribution in [3.05, 3.63) is 18.2 Å². The monoisotopic (exact) mass is 224 g/mol. The van der Waals surface area contributed by atoms with Crippen LogP contribution in [0.25, 0.3) is 0 Å². The van der Waals surface area contributed by atoms with E-state index in [1.165, 1.54) is 0 Å². The smallest absolute Gasteiger partial charge is 0.231 e. The van der Waals surface area contributed by atoms with Crippen molar-refractivity contribution in [2.75, 3.05) is 33.0 Å². The Balaban J connectivity index is 1.77. The molecular weight excluding hydrogens is 208 g/mol. The molecule has 16 heavy (non-hydrogen) atoms. The highest BCUT2D eigenvalue weighted by Gasteiger charge is 2.13. The Morgan fingerprint density at radius 3 is 3.00 bits per heavy atom. The summed E-state index contributed by atoms with van der Waals surface area (Å²) >= 11 is 0. The molecule has 5 heteroatoms. The molecule has 1 aliphatic rings. The van der Waals surface area contributed by atoms with Crippen LogP contribution in [0.4, 0.5) is 0 Å². The lowest BCUT2D eigenvalue weighted by Gasteiger charge is -2.07. The minimum atomic E-state index is 0.289. The fourth-order valence-electron chi connectivity index (χ4n) is 1.43. The number of nitrogens with two attached hydrogens (primary N) is 1. The van der Waals surface area contributed by atoms with E-state index in [9.17, 15) is 0 Å². The average Bonchev–Trinajstić information content (AvgIpc) is 2.76. The number of fused-ring (bicyclic) bond motifs is 1. The summed E-state index contributed by atoms with van der Waals surface area (Å²) in [5.74, 6) is 2.31. The van der Waals surface area contributed by atoms with Crippen LogP contribution in [0.15, 0.2) is 18.2 Å². The van der Waals surface area contributed by atoms with Gasteiger partial charge in [0.15, 0.2) is 11.5 Å². The van der Waals surface area contributed by atoms with Gasteiger partial charge in [-0.2, -0.15) is 0 Å². The molecule has 0 saturated carbocycles. The molecule has 0 aromatic heterocycles. The lowest BCUT2D eigenvalue weighted by Crippen LogP contribution is -2.26. The summed E-state index contributed by atoms with van der Waals surface area (Å²) in [5.41, 5.74) is 5.35. The quantitative estimate of drug-likeness (QED) is 0.682. The van der Waals surface area contributed by atoms with Crippen LogP contribution in [0.5, 0.6) is 17.2 Å². The Hall–Kier alpha value is -1.46. The van der Waals surface area contributed by atoms with Crippen molar-refractivity contribution in [3.63, 3.8) is 0 Å². The topological polar surface area (TPSA) is 65.7 Å². The van der Waals surface area contributed by atoms with Gasteiger partial charge in [0.25, 0.3) is 0 Å². The maximum Gasteiger partial charge on any atom is 0.231 e. The summed E-state index contributed by atoms with van der Waals surface area (Å²) in [4.78, 5) is 0. The van der Waals surface area contributed by atoms with Crippen molar-refractivity contribution >= 4 is 0 Å². The van der Waals surface area contributed by atoms with Crippen LogP contribution in [-0.4, -0.2) is 33.0 Å². The Labute approximate surface area is 94.5 Å². The highest BCUT2D eigenvalue weighted by Crippen LogP contribution is 2.34. The van der Waals surface area contributed by atoms with Crippen molar-refractivity contribution in [3.8, 4) is 17.2 Å². The van der Waals surface area contributed by atoms with Crippen LogP contribution in [0.3, 0.4) is 0 Å². The summed E-state index contributed by atoms with van der Waals surface area (Å²) < 4.78 is 16.0. The van der Waals surface area contributed by atoms with Gasteiger partial charge in [-0.05, 0) is 12.1 Å². The Morgan fingerprint density at radius 1 is 1.25 bits per heavy atom. The molecule has 0 atom stereocenters. The fourth-order valence-corrected chi connectivity index (χ4v) is 1.43. The van der Waals surface area contributed by atoms with Crippen molar-refractivity contribution in [1.29, 1.82) is 0 Å². The first-order chi connectivity index (χ1) is 7.90. The molecule has 0 fully saturated rings. The first kappa shape index (κ1) is 11.0. The zero-order valence-corrected chi connectivity index (χ0v) is 9.07. The molecule has 3 N–H and O–H groups in total. The molecule has 1 heterocycles. The number of rotatable bonds is 6. The van der Waals surface area contributed by atoms with Gasteiger partial charge in [-0.1, -0.05) is 0 Å². The second-order valence-corrected chi connectivity index (χ2v) is 3.40. The predicted octanol–water partition coefficient (Wildman–Crippen LogP) is 0.342. The van der Waals surface area contributed by atoms with Crippen molar-refractivity contribution in [1.82, 2.24) is 5.32 Å². The summed E-state index contributed by atoms with van der Waals surface area (Å²) in [6, 6.07) is 5.56. The largest absolute Gasteiger partial charge is 0.492 e. The van der Waals surface area contributed by atoms with E-state index in [0.29, 0.717) is 13.2 Å². The highest BCUT2D eigenvalue weighted by molar-refractivity contribution is 5.46. The van der Waals surface area contributed by atoms with E-state index < -0.39 is 0 Å². The Kier molecular flexibility index (Phi) is 3.85. The van der Waals surface area contributed by atoms with Gasteiger partial charge in [0.1, 0.15) is 12.4 Å². The number of nitrogens with one attached hydrogen (secondary N) is 1. The van der Waals surface area contributed by atoms with Crippen molar-refractivity contribution < 1.29 is 14.2 Å². The third kappa shape index (κ3) is 2.77. The number of hydrogen-bond acceptors (Lipinski definition) is 5. The molecule has 0 bridgehead atoms. The van der Waals surface area contributed by atoms with E-state index in [-0.39, 0.29) is 6.79 Å². The molecule has 0 spiro atoms. The first-order valence-electron chi connectivity index (χ1n) is 5.33. The van der Waals surface area contributed by atoms with E-state index >= 15 is 0 Å². The Bertz CT molecular complexity index is 344. The van der Waals surface area contributed by atoms with Crippen LogP contribution >= 0.6 is 0 Å². The van der Waals surface area contributed by atoms with Crippen LogP contribution in [0, 0.1) is 0 Å². The van der Waals surface area contributed by atoms with Gasteiger partial charge in [0, 0.05) is 25.7 Å². The molecule has 0 unspecified atom stereocenters. The standard InChI is InChI=1S/C11H16N2O3/c12-3-4-13-5-6-14-9-1-2-10-11(7-9)16-8-15-10/h1-2,7,13H,3-6,8,12H2. The molecule has 2 rings (SSSR count). The summed E-state index contributed by atoms with van der Waals surface area (Å²) in [5, 5.41) is 3.15. The van der Waals surface area contributed by atoms with Crippen molar-refractivity contribution in [2.45, 2.75) is 0 Å². The van der Waals surface area contributed by atoms with Gasteiger partial charge in [-0.25, -0.2) is 0 Å². The molecule has 0 radical (unpaired) electrons. The molecular formula is C11H16N2O3. The summed E-state index contributed by atoms with van der Waals surface area (Å²) in [6.07, 6.45) is 0. The van der Waals surface area contributed by atoms with Crippen LogP contribution < -0.4 is 25.3 Å². The van der Waals surface area contributed by atoms with Gasteiger partial charge in [-0.3, -0.25) is 0 Å². The number of hydrogen-bond donors (Lipinski definition) is 2. The molecule has 1 aromatic carbocycles. The lowest BCUT2D eigenvalue weighted by molar-refractivity contribution is 0.173. The normalized spacial score (nSPS) is 12.8. The van der Waals surface area contributed by atoms with E-state index in [2.05, 4.69) is 5.32 Å². The molecule has 1 aliphatic heterocycles. The molecule has 88 valence electrons. The number of benzene rings is 1. The molecule has 0 saturated heterocycles. The minimum absolute atomic E-state index is 0.289. The van der Waals surface area contributed by atoms with Gasteiger partial charge in [0.2, 0.25) is 6.79 Å². The third-order valence-electron chi connectivity index (χ3n) is 2.21. The average molecular weight is 224 g/mol. The molecule has 5 nitrogen and oxygen atoms in total. The van der Waals surface area contributed by atoms with E-state index in [4.69, 9.17) is 19.9 Å². The second-order valence-electron chi connectivity index (χ2n) is 3.40. The van der Waals surface area contributed by atoms with Crippen LogP contribution in [-0.2, 0) is 0 Å². The predicted molar refractivity (Wildman–Crippen MR) is 60.0 cm³/mol. The number of ether oxygens (including phenoxy) is 3. The molecule has 0 aliphatic carbocycles. The first-order valence-corrected chi connectivity index (χ1v) is 5.33. The van der Waals surface area contributed by atoms with E-state index in [1.807, 2.05) is 18.2 Å². The molecule has 0 amide bonds. The minimum Gasteiger partial charge on any atom is -0.492 e. The van der Waals surface area contributed by atoms with Crippen LogP contribution in [0.2, 0.25) is 0 Å². The van der Waals surface area contributed by atoms with Gasteiger partial charge in [-0.15, -0.1) is 0 Å². The van der Waals surface area contributed by atoms with Gasteiger partial charge >= 0.3 is 0 Å². The second kappa shape index (κ2) is 5.58. The molecule has 1 aromatic rings. The zero-order chi connectivity index (χ0) is 11.2. The summed E-state index contributed by atoms with van der Waals surface area (Å²) in [7, 11) is 0. The third-order valence-corrected chi connectivity index (χ3v) is 2.21.